The molecule has 1 aliphatic heterocycles. The first-order valence-corrected chi connectivity index (χ1v) is 8.61. The molecule has 0 saturated carbocycles. The van der Waals surface area contributed by atoms with Gasteiger partial charge >= 0.3 is 0 Å². The third-order valence-corrected chi connectivity index (χ3v) is 5.40. The number of carbonyl (C=O) groups excluding carboxylic acids is 1. The van der Waals surface area contributed by atoms with E-state index in [0.29, 0.717) is 5.01 Å². The Balaban J connectivity index is 1.69. The Labute approximate surface area is 140 Å². The van der Waals surface area contributed by atoms with Crippen molar-refractivity contribution in [3.05, 3.63) is 32.6 Å². The van der Waals surface area contributed by atoms with Crippen LogP contribution in [0.25, 0.3) is 0 Å². The first-order valence-electron chi connectivity index (χ1n) is 7.80. The SMILES string of the molecule is Cc1noc(C)c1CN1CCc2nc(C(=O)N(C)C)sc2CC1. The Morgan fingerprint density at radius 2 is 2.04 bits per heavy atom. The second kappa shape index (κ2) is 6.41. The summed E-state index contributed by atoms with van der Waals surface area (Å²) in [5.41, 5.74) is 3.24. The predicted octanol–water partition coefficient (Wildman–Crippen LogP) is 2.05. The van der Waals surface area contributed by atoms with Crippen molar-refractivity contribution in [2.45, 2.75) is 33.2 Å². The quantitative estimate of drug-likeness (QED) is 0.860. The van der Waals surface area contributed by atoms with E-state index in [0.717, 1.165) is 49.6 Å². The van der Waals surface area contributed by atoms with Crippen LogP contribution in [0.1, 0.15) is 37.4 Å². The van der Waals surface area contributed by atoms with Gasteiger partial charge in [-0.3, -0.25) is 9.69 Å². The standard InChI is InChI=1S/C16H22N4O2S/c1-10-12(11(2)22-18-10)9-20-7-5-13-14(6-8-20)23-15(17-13)16(21)19(3)4/h5-9H2,1-4H3. The largest absolute Gasteiger partial charge is 0.361 e. The van der Waals surface area contributed by atoms with Gasteiger partial charge in [0.1, 0.15) is 5.76 Å². The lowest BCUT2D eigenvalue weighted by atomic mass is 10.2. The molecule has 1 amide bonds. The summed E-state index contributed by atoms with van der Waals surface area (Å²) in [6.45, 7) is 6.72. The van der Waals surface area contributed by atoms with Crippen molar-refractivity contribution in [3.8, 4) is 0 Å². The van der Waals surface area contributed by atoms with Gasteiger partial charge in [-0.2, -0.15) is 0 Å². The van der Waals surface area contributed by atoms with Crippen LogP contribution in [-0.2, 0) is 19.4 Å². The summed E-state index contributed by atoms with van der Waals surface area (Å²) in [4.78, 5) is 21.9. The number of hydrogen-bond donors (Lipinski definition) is 0. The fourth-order valence-corrected chi connectivity index (χ4v) is 3.92. The zero-order valence-electron chi connectivity index (χ0n) is 14.0. The van der Waals surface area contributed by atoms with E-state index in [1.807, 2.05) is 13.8 Å². The molecule has 3 heterocycles. The van der Waals surface area contributed by atoms with E-state index in [9.17, 15) is 4.79 Å². The van der Waals surface area contributed by atoms with E-state index in [2.05, 4.69) is 15.0 Å². The molecule has 2 aromatic rings. The summed E-state index contributed by atoms with van der Waals surface area (Å²) >= 11 is 1.54. The maximum atomic E-state index is 12.0. The number of aryl methyl sites for hydroxylation is 2. The number of fused-ring (bicyclic) bond motifs is 1. The second-order valence-corrected chi connectivity index (χ2v) is 7.25. The summed E-state index contributed by atoms with van der Waals surface area (Å²) in [5, 5.41) is 4.64. The minimum Gasteiger partial charge on any atom is -0.361 e. The summed E-state index contributed by atoms with van der Waals surface area (Å²) in [6.07, 6.45) is 1.83. The van der Waals surface area contributed by atoms with E-state index in [4.69, 9.17) is 4.52 Å². The molecule has 3 rings (SSSR count). The predicted molar refractivity (Wildman–Crippen MR) is 88.8 cm³/mol. The Hall–Kier alpha value is -1.73. The maximum absolute atomic E-state index is 12.0. The van der Waals surface area contributed by atoms with Gasteiger partial charge < -0.3 is 9.42 Å². The zero-order valence-corrected chi connectivity index (χ0v) is 14.9. The van der Waals surface area contributed by atoms with Crippen molar-refractivity contribution < 1.29 is 9.32 Å². The Morgan fingerprint density at radius 3 is 2.70 bits per heavy atom. The molecule has 0 bridgehead atoms. The van der Waals surface area contributed by atoms with Crippen LogP contribution in [0.15, 0.2) is 4.52 Å². The molecular weight excluding hydrogens is 312 g/mol. The van der Waals surface area contributed by atoms with Crippen molar-refractivity contribution in [3.63, 3.8) is 0 Å². The van der Waals surface area contributed by atoms with Crippen LogP contribution < -0.4 is 0 Å². The molecule has 6 nitrogen and oxygen atoms in total. The van der Waals surface area contributed by atoms with Gasteiger partial charge in [0.05, 0.1) is 11.4 Å². The van der Waals surface area contributed by atoms with Crippen LogP contribution in [0.4, 0.5) is 0 Å². The van der Waals surface area contributed by atoms with Crippen molar-refractivity contribution in [1.29, 1.82) is 0 Å². The third kappa shape index (κ3) is 3.30. The minimum atomic E-state index is -0.00403. The summed E-state index contributed by atoms with van der Waals surface area (Å²) in [7, 11) is 3.53. The van der Waals surface area contributed by atoms with Crippen molar-refractivity contribution in [2.75, 3.05) is 27.2 Å². The lowest BCUT2D eigenvalue weighted by Gasteiger charge is -2.19. The molecule has 0 aliphatic carbocycles. The molecule has 0 atom stereocenters. The van der Waals surface area contributed by atoms with E-state index < -0.39 is 0 Å². The van der Waals surface area contributed by atoms with Crippen molar-refractivity contribution in [1.82, 2.24) is 19.9 Å². The highest BCUT2D eigenvalue weighted by Crippen LogP contribution is 2.25. The van der Waals surface area contributed by atoms with Crippen LogP contribution in [0.2, 0.25) is 0 Å². The van der Waals surface area contributed by atoms with E-state index in [1.165, 1.54) is 10.4 Å². The summed E-state index contributed by atoms with van der Waals surface area (Å²) in [5.74, 6) is 0.897. The van der Waals surface area contributed by atoms with Gasteiger partial charge in [0.15, 0.2) is 5.01 Å². The van der Waals surface area contributed by atoms with Gasteiger partial charge in [0.25, 0.3) is 5.91 Å². The van der Waals surface area contributed by atoms with Gasteiger partial charge in [-0.1, -0.05) is 5.16 Å². The van der Waals surface area contributed by atoms with Gasteiger partial charge in [-0.05, 0) is 20.3 Å². The molecular formula is C16H22N4O2S. The maximum Gasteiger partial charge on any atom is 0.282 e. The fourth-order valence-electron chi connectivity index (χ4n) is 2.80. The van der Waals surface area contributed by atoms with E-state index in [1.54, 1.807) is 30.3 Å². The van der Waals surface area contributed by atoms with Crippen LogP contribution in [0, 0.1) is 13.8 Å². The monoisotopic (exact) mass is 334 g/mol. The highest BCUT2D eigenvalue weighted by molar-refractivity contribution is 7.13. The number of amides is 1. The highest BCUT2D eigenvalue weighted by Gasteiger charge is 2.23. The topological polar surface area (TPSA) is 62.5 Å². The molecule has 0 unspecified atom stereocenters. The average Bonchev–Trinajstić information content (AvgIpc) is 3.00. The molecule has 0 spiro atoms. The van der Waals surface area contributed by atoms with Crippen LogP contribution in [0.3, 0.4) is 0 Å². The van der Waals surface area contributed by atoms with Crippen LogP contribution >= 0.6 is 11.3 Å². The number of nitrogens with zero attached hydrogens (tertiary/aromatic N) is 4. The lowest BCUT2D eigenvalue weighted by Crippen LogP contribution is -2.26. The number of rotatable bonds is 3. The van der Waals surface area contributed by atoms with E-state index >= 15 is 0 Å². The minimum absolute atomic E-state index is 0.00403. The Bertz CT molecular complexity index is 675. The average molecular weight is 334 g/mol. The molecule has 2 aromatic heterocycles. The number of aromatic nitrogens is 2. The summed E-state index contributed by atoms with van der Waals surface area (Å²) < 4.78 is 5.25. The van der Waals surface area contributed by atoms with Crippen molar-refractivity contribution >= 4 is 17.2 Å². The molecule has 7 heteroatoms. The zero-order chi connectivity index (χ0) is 16.6. The molecule has 0 N–H and O–H groups in total. The van der Waals surface area contributed by atoms with Gasteiger partial charge in [0, 0.05) is 50.6 Å². The number of hydrogen-bond acceptors (Lipinski definition) is 6. The van der Waals surface area contributed by atoms with Crippen LogP contribution in [-0.4, -0.2) is 53.0 Å². The lowest BCUT2D eigenvalue weighted by molar-refractivity contribution is 0.0827. The first-order chi connectivity index (χ1) is 11.0. The molecule has 0 saturated heterocycles. The molecule has 0 fully saturated rings. The Kier molecular flexibility index (Phi) is 4.50. The van der Waals surface area contributed by atoms with E-state index in [-0.39, 0.29) is 5.91 Å². The number of carbonyl (C=O) groups is 1. The molecule has 0 radical (unpaired) electrons. The smallest absolute Gasteiger partial charge is 0.282 e. The van der Waals surface area contributed by atoms with Crippen LogP contribution in [0.5, 0.6) is 0 Å². The molecule has 124 valence electrons. The van der Waals surface area contributed by atoms with Gasteiger partial charge in [-0.25, -0.2) is 4.98 Å². The number of thiazole rings is 1. The fraction of sp³-hybridized carbons (Fsp3) is 0.562. The Morgan fingerprint density at radius 1 is 1.30 bits per heavy atom. The third-order valence-electron chi connectivity index (χ3n) is 4.25. The molecule has 0 aromatic carbocycles. The normalized spacial score (nSPS) is 15.3. The van der Waals surface area contributed by atoms with Gasteiger partial charge in [-0.15, -0.1) is 11.3 Å². The summed E-state index contributed by atoms with van der Waals surface area (Å²) in [6, 6.07) is 0. The molecule has 1 aliphatic rings. The second-order valence-electron chi connectivity index (χ2n) is 6.17. The van der Waals surface area contributed by atoms with Gasteiger partial charge in [0.2, 0.25) is 0 Å². The molecule has 23 heavy (non-hydrogen) atoms. The van der Waals surface area contributed by atoms with Crippen molar-refractivity contribution in [2.24, 2.45) is 0 Å². The first kappa shape index (κ1) is 16.1. The highest BCUT2D eigenvalue weighted by atomic mass is 32.1.